The molecule has 0 atom stereocenters. The number of benzene rings is 2. The van der Waals surface area contributed by atoms with Crippen molar-refractivity contribution in [2.75, 3.05) is 7.11 Å². The van der Waals surface area contributed by atoms with Crippen LogP contribution in [-0.4, -0.2) is 27.8 Å². The summed E-state index contributed by atoms with van der Waals surface area (Å²) in [5.74, 6) is 1.36. The van der Waals surface area contributed by atoms with Crippen LogP contribution in [0, 0.1) is 12.7 Å². The molecule has 0 saturated heterocycles. The maximum Gasteiger partial charge on any atom is 0.226 e. The quantitative estimate of drug-likeness (QED) is 0.390. The Morgan fingerprint density at radius 1 is 1.00 bits per heavy atom. The van der Waals surface area contributed by atoms with Gasteiger partial charge in [0.05, 0.1) is 18.5 Å². The largest absolute Gasteiger partial charge is 0.497 e. The van der Waals surface area contributed by atoms with Gasteiger partial charge in [0.2, 0.25) is 11.8 Å². The van der Waals surface area contributed by atoms with E-state index in [-0.39, 0.29) is 18.1 Å². The third kappa shape index (κ3) is 5.58. The minimum absolute atomic E-state index is 0.0823. The van der Waals surface area contributed by atoms with Gasteiger partial charge in [-0.2, -0.15) is 5.10 Å². The van der Waals surface area contributed by atoms with Crippen LogP contribution in [0.3, 0.4) is 0 Å². The number of rotatable bonds is 9. The van der Waals surface area contributed by atoms with E-state index in [0.29, 0.717) is 36.0 Å². The van der Waals surface area contributed by atoms with Crippen LogP contribution >= 0.6 is 0 Å². The summed E-state index contributed by atoms with van der Waals surface area (Å²) in [5.41, 5.74) is 3.17. The molecule has 1 amide bonds. The van der Waals surface area contributed by atoms with E-state index >= 15 is 0 Å². The summed E-state index contributed by atoms with van der Waals surface area (Å²) in [6.45, 7) is 2.30. The zero-order valence-corrected chi connectivity index (χ0v) is 19.0. The molecule has 2 heterocycles. The lowest BCUT2D eigenvalue weighted by Gasteiger charge is -2.12. The Hall–Kier alpha value is -4.20. The molecule has 8 heteroatoms. The molecule has 0 radical (unpaired) electrons. The maximum absolute atomic E-state index is 13.5. The predicted molar refractivity (Wildman–Crippen MR) is 126 cm³/mol. The average Bonchev–Trinajstić information content (AvgIpc) is 3.17. The number of aromatic nitrogens is 3. The minimum atomic E-state index is -0.337. The molecular formula is C26H25FN4O3. The highest BCUT2D eigenvalue weighted by atomic mass is 19.1. The van der Waals surface area contributed by atoms with Gasteiger partial charge in [0, 0.05) is 30.9 Å². The van der Waals surface area contributed by atoms with Crippen molar-refractivity contribution in [1.82, 2.24) is 20.1 Å². The van der Waals surface area contributed by atoms with Gasteiger partial charge in [-0.15, -0.1) is 0 Å². The van der Waals surface area contributed by atoms with Gasteiger partial charge >= 0.3 is 0 Å². The molecule has 34 heavy (non-hydrogen) atoms. The zero-order valence-electron chi connectivity index (χ0n) is 19.0. The third-order valence-electron chi connectivity index (χ3n) is 5.32. The topological polar surface area (TPSA) is 78.3 Å². The molecule has 0 bridgehead atoms. The summed E-state index contributed by atoms with van der Waals surface area (Å²) in [4.78, 5) is 16.5. The molecule has 174 valence electrons. The lowest BCUT2D eigenvalue weighted by atomic mass is 10.1. The molecule has 0 aliphatic rings. The minimum Gasteiger partial charge on any atom is -0.497 e. The average molecular weight is 461 g/mol. The summed E-state index contributed by atoms with van der Waals surface area (Å²) >= 11 is 0. The second-order valence-corrected chi connectivity index (χ2v) is 7.67. The molecule has 7 nitrogen and oxygen atoms in total. The monoisotopic (exact) mass is 460 g/mol. The number of hydrogen-bond acceptors (Lipinski definition) is 5. The van der Waals surface area contributed by atoms with E-state index in [0.717, 1.165) is 16.8 Å². The van der Waals surface area contributed by atoms with Crippen LogP contribution in [0.5, 0.6) is 17.4 Å². The fourth-order valence-corrected chi connectivity index (χ4v) is 3.47. The summed E-state index contributed by atoms with van der Waals surface area (Å²) in [7, 11) is 1.60. The van der Waals surface area contributed by atoms with Gasteiger partial charge in [0.15, 0.2) is 0 Å². The van der Waals surface area contributed by atoms with Crippen LogP contribution in [0.4, 0.5) is 4.39 Å². The number of carbonyl (C=O) groups excluding carboxylic acids is 1. The van der Waals surface area contributed by atoms with Crippen molar-refractivity contribution >= 4 is 5.91 Å². The molecule has 0 aliphatic heterocycles. The Balaban J connectivity index is 1.56. The van der Waals surface area contributed by atoms with Crippen LogP contribution in [-0.2, 0) is 17.8 Å². The Kier molecular flexibility index (Phi) is 7.17. The Bertz CT molecular complexity index is 1240. The Morgan fingerprint density at radius 3 is 2.35 bits per heavy atom. The van der Waals surface area contributed by atoms with Crippen molar-refractivity contribution in [1.29, 1.82) is 0 Å². The molecule has 2 aromatic heterocycles. The van der Waals surface area contributed by atoms with E-state index in [4.69, 9.17) is 9.47 Å². The fraction of sp³-hybridized carbons (Fsp3) is 0.192. The van der Waals surface area contributed by atoms with Crippen LogP contribution in [0.1, 0.15) is 23.2 Å². The first kappa shape index (κ1) is 23.0. The van der Waals surface area contributed by atoms with Gasteiger partial charge in [-0.25, -0.2) is 9.07 Å². The summed E-state index contributed by atoms with van der Waals surface area (Å²) in [6.07, 6.45) is 4.08. The van der Waals surface area contributed by atoms with Gasteiger partial charge in [0.25, 0.3) is 0 Å². The molecule has 0 spiro atoms. The highest BCUT2D eigenvalue weighted by Gasteiger charge is 2.20. The van der Waals surface area contributed by atoms with Gasteiger partial charge in [-0.05, 0) is 79.6 Å². The van der Waals surface area contributed by atoms with Crippen molar-refractivity contribution in [3.63, 3.8) is 0 Å². The summed E-state index contributed by atoms with van der Waals surface area (Å²) in [5, 5.41) is 7.54. The molecule has 0 saturated carbocycles. The number of methoxy groups -OCH3 is 1. The van der Waals surface area contributed by atoms with Gasteiger partial charge < -0.3 is 14.8 Å². The standard InChI is InChI=1S/C26H25FN4O3/c1-18-24(11-12-25(32)29-17-19-13-15-28-16-14-19)26(34-23-9-7-22(33-2)8-10-23)31(30-18)21-5-3-20(27)4-6-21/h3-10,13-16H,11-12,17H2,1-2H3,(H,29,32). The predicted octanol–water partition coefficient (Wildman–Crippen LogP) is 4.76. The van der Waals surface area contributed by atoms with Crippen molar-refractivity contribution in [3.05, 3.63) is 95.7 Å². The lowest BCUT2D eigenvalue weighted by molar-refractivity contribution is -0.121. The first-order chi connectivity index (χ1) is 16.5. The first-order valence-corrected chi connectivity index (χ1v) is 10.9. The van der Waals surface area contributed by atoms with Gasteiger partial charge in [-0.1, -0.05) is 0 Å². The SMILES string of the molecule is COc1ccc(Oc2c(CCC(=O)NCc3ccncc3)c(C)nn2-c2ccc(F)cc2)cc1. The first-order valence-electron chi connectivity index (χ1n) is 10.9. The zero-order chi connectivity index (χ0) is 23.9. The number of halogens is 1. The lowest BCUT2D eigenvalue weighted by Crippen LogP contribution is -2.23. The number of nitrogens with one attached hydrogen (secondary N) is 1. The fourth-order valence-electron chi connectivity index (χ4n) is 3.47. The van der Waals surface area contributed by atoms with Crippen LogP contribution < -0.4 is 14.8 Å². The Morgan fingerprint density at radius 2 is 1.68 bits per heavy atom. The maximum atomic E-state index is 13.5. The molecule has 0 unspecified atom stereocenters. The molecule has 1 N–H and O–H groups in total. The molecule has 0 fully saturated rings. The third-order valence-corrected chi connectivity index (χ3v) is 5.32. The van der Waals surface area contributed by atoms with Crippen molar-refractivity contribution < 1.29 is 18.7 Å². The van der Waals surface area contributed by atoms with Crippen LogP contribution in [0.15, 0.2) is 73.1 Å². The van der Waals surface area contributed by atoms with Crippen molar-refractivity contribution in [2.45, 2.75) is 26.3 Å². The van der Waals surface area contributed by atoms with E-state index in [2.05, 4.69) is 15.4 Å². The molecule has 2 aromatic carbocycles. The summed E-state index contributed by atoms with van der Waals surface area (Å²) < 4.78 is 26.6. The van der Waals surface area contributed by atoms with Gasteiger partial charge in [0.1, 0.15) is 17.3 Å². The molecule has 4 rings (SSSR count). The van der Waals surface area contributed by atoms with Gasteiger partial charge in [-0.3, -0.25) is 9.78 Å². The van der Waals surface area contributed by atoms with E-state index in [1.807, 2.05) is 19.1 Å². The summed E-state index contributed by atoms with van der Waals surface area (Å²) in [6, 6.07) is 16.9. The van der Waals surface area contributed by atoms with Crippen molar-refractivity contribution in [3.8, 4) is 23.1 Å². The highest BCUT2D eigenvalue weighted by molar-refractivity contribution is 5.76. The molecule has 4 aromatic rings. The van der Waals surface area contributed by atoms with Crippen LogP contribution in [0.25, 0.3) is 5.69 Å². The number of ether oxygens (including phenoxy) is 2. The molecular weight excluding hydrogens is 435 g/mol. The van der Waals surface area contributed by atoms with Crippen LogP contribution in [0.2, 0.25) is 0 Å². The highest BCUT2D eigenvalue weighted by Crippen LogP contribution is 2.32. The smallest absolute Gasteiger partial charge is 0.226 e. The number of pyridine rings is 1. The second-order valence-electron chi connectivity index (χ2n) is 7.67. The number of nitrogens with zero attached hydrogens (tertiary/aromatic N) is 3. The van der Waals surface area contributed by atoms with E-state index in [9.17, 15) is 9.18 Å². The number of carbonyl (C=O) groups is 1. The number of hydrogen-bond donors (Lipinski definition) is 1. The van der Waals surface area contributed by atoms with Crippen molar-refractivity contribution in [2.24, 2.45) is 0 Å². The Labute approximate surface area is 197 Å². The van der Waals surface area contributed by atoms with E-state index in [1.54, 1.807) is 60.6 Å². The normalized spacial score (nSPS) is 10.7. The van der Waals surface area contributed by atoms with E-state index in [1.165, 1.54) is 12.1 Å². The molecule has 0 aliphatic carbocycles. The number of amides is 1. The number of aryl methyl sites for hydroxylation is 1. The second kappa shape index (κ2) is 10.6. The van der Waals surface area contributed by atoms with E-state index < -0.39 is 0 Å².